The summed E-state index contributed by atoms with van der Waals surface area (Å²) in [4.78, 5) is 11.2. The van der Waals surface area contributed by atoms with Crippen LogP contribution in [-0.4, -0.2) is 28.1 Å². The zero-order chi connectivity index (χ0) is 13.1. The first-order valence-electron chi connectivity index (χ1n) is 5.64. The van der Waals surface area contributed by atoms with Gasteiger partial charge in [-0.05, 0) is 30.5 Å². The first kappa shape index (κ1) is 12.3. The van der Waals surface area contributed by atoms with Crippen molar-refractivity contribution in [1.82, 2.24) is 15.0 Å². The molecule has 0 unspecified atom stereocenters. The van der Waals surface area contributed by atoms with Gasteiger partial charge in [0, 0.05) is 0 Å². The highest BCUT2D eigenvalue weighted by molar-refractivity contribution is 5.86. The van der Waals surface area contributed by atoms with Gasteiger partial charge in [-0.15, -0.1) is 5.10 Å². The predicted octanol–water partition coefficient (Wildman–Crippen LogP) is 1.73. The maximum atomic E-state index is 11.2. The topological polar surface area (TPSA) is 57.0 Å². The van der Waals surface area contributed by atoms with Gasteiger partial charge in [-0.3, -0.25) is 0 Å². The molecule has 0 aliphatic heterocycles. The fourth-order valence-corrected chi connectivity index (χ4v) is 1.66. The highest BCUT2D eigenvalue weighted by Crippen LogP contribution is 2.11. The van der Waals surface area contributed by atoms with Crippen molar-refractivity contribution in [1.29, 1.82) is 0 Å². The Balaban J connectivity index is 2.16. The number of carbonyl (C=O) groups excluding carboxylic acids is 1. The van der Waals surface area contributed by atoms with E-state index in [2.05, 4.69) is 41.0 Å². The minimum absolute atomic E-state index is 0.223. The summed E-state index contributed by atoms with van der Waals surface area (Å²) >= 11 is 0. The molecule has 5 nitrogen and oxygen atoms in total. The first-order valence-corrected chi connectivity index (χ1v) is 5.64. The number of hydrogen-bond donors (Lipinski definition) is 0. The second-order valence-electron chi connectivity index (χ2n) is 4.21. The summed E-state index contributed by atoms with van der Waals surface area (Å²) in [7, 11) is 1.32. The normalized spacial score (nSPS) is 10.4. The molecule has 0 spiro atoms. The Labute approximate surface area is 105 Å². The molecule has 94 valence electrons. The lowest BCUT2D eigenvalue weighted by molar-refractivity contribution is 0.0594. The number of aryl methyl sites for hydroxylation is 2. The highest BCUT2D eigenvalue weighted by Gasteiger charge is 2.10. The third kappa shape index (κ3) is 2.56. The van der Waals surface area contributed by atoms with Crippen molar-refractivity contribution in [2.24, 2.45) is 0 Å². The Morgan fingerprint density at radius 3 is 2.78 bits per heavy atom. The van der Waals surface area contributed by atoms with E-state index in [0.717, 1.165) is 5.56 Å². The summed E-state index contributed by atoms with van der Waals surface area (Å²) in [5.41, 5.74) is 3.84. The number of aromatic nitrogens is 3. The van der Waals surface area contributed by atoms with Gasteiger partial charge in [-0.25, -0.2) is 9.48 Å². The van der Waals surface area contributed by atoms with E-state index in [1.807, 2.05) is 6.07 Å². The quantitative estimate of drug-likeness (QED) is 0.773. The Kier molecular flexibility index (Phi) is 3.41. The van der Waals surface area contributed by atoms with Crippen LogP contribution < -0.4 is 0 Å². The second kappa shape index (κ2) is 5.00. The first-order chi connectivity index (χ1) is 8.60. The highest BCUT2D eigenvalue weighted by atomic mass is 16.5. The molecule has 0 N–H and O–H groups in total. The van der Waals surface area contributed by atoms with Crippen LogP contribution in [0.2, 0.25) is 0 Å². The van der Waals surface area contributed by atoms with Crippen LogP contribution in [0.3, 0.4) is 0 Å². The van der Waals surface area contributed by atoms with E-state index >= 15 is 0 Å². The van der Waals surface area contributed by atoms with Gasteiger partial charge in [0.1, 0.15) is 0 Å². The van der Waals surface area contributed by atoms with Crippen molar-refractivity contribution in [2.75, 3.05) is 7.11 Å². The van der Waals surface area contributed by atoms with Gasteiger partial charge >= 0.3 is 5.97 Å². The number of esters is 1. The van der Waals surface area contributed by atoms with Crippen LogP contribution in [0, 0.1) is 13.8 Å². The molecule has 0 radical (unpaired) electrons. The zero-order valence-electron chi connectivity index (χ0n) is 10.7. The number of hydrogen-bond acceptors (Lipinski definition) is 4. The molecule has 1 aromatic heterocycles. The molecule has 0 amide bonds. The molecule has 2 aromatic rings. The van der Waals surface area contributed by atoms with E-state index in [-0.39, 0.29) is 5.69 Å². The van der Waals surface area contributed by atoms with Crippen molar-refractivity contribution in [3.05, 3.63) is 46.8 Å². The minimum Gasteiger partial charge on any atom is -0.464 e. The monoisotopic (exact) mass is 245 g/mol. The molecule has 0 bridgehead atoms. The summed E-state index contributed by atoms with van der Waals surface area (Å²) in [5, 5.41) is 7.66. The number of ether oxygens (including phenoxy) is 1. The number of nitrogens with zero attached hydrogens (tertiary/aromatic N) is 3. The molecule has 1 aromatic carbocycles. The lowest BCUT2D eigenvalue weighted by Gasteiger charge is -2.04. The molecule has 2 rings (SSSR count). The van der Waals surface area contributed by atoms with Crippen molar-refractivity contribution in [3.63, 3.8) is 0 Å². The Bertz CT molecular complexity index is 575. The predicted molar refractivity (Wildman–Crippen MR) is 66.4 cm³/mol. The van der Waals surface area contributed by atoms with E-state index in [9.17, 15) is 4.79 Å². The van der Waals surface area contributed by atoms with Gasteiger partial charge in [0.05, 0.1) is 19.9 Å². The summed E-state index contributed by atoms with van der Waals surface area (Å²) in [5.74, 6) is -0.471. The zero-order valence-corrected chi connectivity index (χ0v) is 10.7. The molecule has 18 heavy (non-hydrogen) atoms. The fourth-order valence-electron chi connectivity index (χ4n) is 1.66. The number of rotatable bonds is 3. The van der Waals surface area contributed by atoms with E-state index in [1.165, 1.54) is 18.2 Å². The molecule has 0 saturated heterocycles. The van der Waals surface area contributed by atoms with E-state index in [0.29, 0.717) is 6.54 Å². The van der Waals surface area contributed by atoms with Crippen LogP contribution in [0.4, 0.5) is 0 Å². The van der Waals surface area contributed by atoms with Crippen LogP contribution in [0.15, 0.2) is 24.4 Å². The third-order valence-corrected chi connectivity index (χ3v) is 2.85. The summed E-state index contributed by atoms with van der Waals surface area (Å²) in [6, 6.07) is 6.22. The van der Waals surface area contributed by atoms with Crippen molar-refractivity contribution in [3.8, 4) is 0 Å². The Hall–Kier alpha value is -2.17. The SMILES string of the molecule is COC(=O)c1cn(Cc2ccc(C)c(C)c2)nn1. The summed E-state index contributed by atoms with van der Waals surface area (Å²) < 4.78 is 6.20. The van der Waals surface area contributed by atoms with Gasteiger partial charge in [0.2, 0.25) is 0 Å². The molecule has 0 saturated carbocycles. The number of carbonyl (C=O) groups is 1. The van der Waals surface area contributed by atoms with E-state index in [1.54, 1.807) is 10.9 Å². The summed E-state index contributed by atoms with van der Waals surface area (Å²) in [6.45, 7) is 4.73. The van der Waals surface area contributed by atoms with E-state index in [4.69, 9.17) is 0 Å². The van der Waals surface area contributed by atoms with Crippen molar-refractivity contribution >= 4 is 5.97 Å². The molecule has 0 aliphatic carbocycles. The van der Waals surface area contributed by atoms with Crippen molar-refractivity contribution in [2.45, 2.75) is 20.4 Å². The molecule has 0 atom stereocenters. The fraction of sp³-hybridized carbons (Fsp3) is 0.308. The molecule has 5 heteroatoms. The van der Waals surface area contributed by atoms with Gasteiger partial charge in [0.25, 0.3) is 0 Å². The summed E-state index contributed by atoms with van der Waals surface area (Å²) in [6.07, 6.45) is 1.58. The van der Waals surface area contributed by atoms with Crippen LogP contribution in [0.1, 0.15) is 27.2 Å². The van der Waals surface area contributed by atoms with Gasteiger partial charge in [-0.2, -0.15) is 0 Å². The molecular formula is C13H15N3O2. The second-order valence-corrected chi connectivity index (χ2v) is 4.21. The number of benzene rings is 1. The standard InChI is InChI=1S/C13H15N3O2/c1-9-4-5-11(6-10(9)2)7-16-8-12(14-15-16)13(17)18-3/h4-6,8H,7H2,1-3H3. The van der Waals surface area contributed by atoms with Crippen LogP contribution in [-0.2, 0) is 11.3 Å². The maximum Gasteiger partial charge on any atom is 0.360 e. The lowest BCUT2D eigenvalue weighted by atomic mass is 10.1. The van der Waals surface area contributed by atoms with Gasteiger partial charge < -0.3 is 4.74 Å². The van der Waals surface area contributed by atoms with Crippen molar-refractivity contribution < 1.29 is 9.53 Å². The third-order valence-electron chi connectivity index (χ3n) is 2.85. The largest absolute Gasteiger partial charge is 0.464 e. The smallest absolute Gasteiger partial charge is 0.360 e. The van der Waals surface area contributed by atoms with Gasteiger partial charge in [0.15, 0.2) is 5.69 Å². The van der Waals surface area contributed by atoms with Crippen LogP contribution in [0.25, 0.3) is 0 Å². The molecule has 0 aliphatic rings. The maximum absolute atomic E-state index is 11.2. The molecule has 1 heterocycles. The Morgan fingerprint density at radius 1 is 1.33 bits per heavy atom. The lowest BCUT2D eigenvalue weighted by Crippen LogP contribution is -2.02. The van der Waals surface area contributed by atoms with Crippen LogP contribution in [0.5, 0.6) is 0 Å². The number of methoxy groups -OCH3 is 1. The molecular weight excluding hydrogens is 230 g/mol. The Morgan fingerprint density at radius 2 is 2.11 bits per heavy atom. The minimum atomic E-state index is -0.471. The van der Waals surface area contributed by atoms with Gasteiger partial charge in [-0.1, -0.05) is 23.4 Å². The molecule has 0 fully saturated rings. The average Bonchev–Trinajstić information content (AvgIpc) is 2.81. The van der Waals surface area contributed by atoms with Crippen LogP contribution >= 0.6 is 0 Å². The van der Waals surface area contributed by atoms with E-state index < -0.39 is 5.97 Å². The average molecular weight is 245 g/mol.